The zero-order chi connectivity index (χ0) is 21.5. The van der Waals surface area contributed by atoms with Gasteiger partial charge in [-0.05, 0) is 35.1 Å². The lowest BCUT2D eigenvalue weighted by molar-refractivity contribution is -0.135. The fourth-order valence-corrected chi connectivity index (χ4v) is 4.27. The van der Waals surface area contributed by atoms with Crippen LogP contribution in [0.25, 0.3) is 0 Å². The molecule has 31 heavy (non-hydrogen) atoms. The number of fused-ring (bicyclic) bond motifs is 1. The van der Waals surface area contributed by atoms with Gasteiger partial charge >= 0.3 is 0 Å². The quantitative estimate of drug-likeness (QED) is 0.629. The second-order valence-electron chi connectivity index (χ2n) is 7.93. The summed E-state index contributed by atoms with van der Waals surface area (Å²) >= 11 is 0. The third-order valence-corrected chi connectivity index (χ3v) is 5.86. The van der Waals surface area contributed by atoms with Crippen LogP contribution >= 0.6 is 0 Å². The highest BCUT2D eigenvalue weighted by atomic mass is 16.2. The molecule has 2 amide bonds. The monoisotopic (exact) mass is 412 g/mol. The number of benzene rings is 3. The van der Waals surface area contributed by atoms with Gasteiger partial charge in [0, 0.05) is 25.9 Å². The van der Waals surface area contributed by atoms with Gasteiger partial charge in [-0.15, -0.1) is 0 Å². The number of nitrogens with zero attached hydrogens (tertiary/aromatic N) is 1. The van der Waals surface area contributed by atoms with Crippen LogP contribution in [-0.4, -0.2) is 29.8 Å². The maximum atomic E-state index is 13.1. The van der Waals surface area contributed by atoms with E-state index in [1.807, 2.05) is 59.5 Å². The van der Waals surface area contributed by atoms with Crippen LogP contribution < -0.4 is 5.32 Å². The predicted molar refractivity (Wildman–Crippen MR) is 123 cm³/mol. The molecule has 1 atom stereocenters. The maximum Gasteiger partial charge on any atom is 0.223 e. The zero-order valence-corrected chi connectivity index (χ0v) is 17.7. The summed E-state index contributed by atoms with van der Waals surface area (Å²) in [5.41, 5.74) is 4.77. The Bertz CT molecular complexity index is 1020. The Morgan fingerprint density at radius 2 is 1.52 bits per heavy atom. The van der Waals surface area contributed by atoms with E-state index in [1.54, 1.807) is 0 Å². The summed E-state index contributed by atoms with van der Waals surface area (Å²) in [5.74, 6) is -0.0421. The second-order valence-corrected chi connectivity index (χ2v) is 7.93. The molecule has 4 rings (SSSR count). The molecule has 1 aliphatic rings. The number of carbonyl (C=O) groups is 2. The van der Waals surface area contributed by atoms with E-state index in [-0.39, 0.29) is 30.7 Å². The first kappa shape index (κ1) is 20.9. The van der Waals surface area contributed by atoms with Crippen molar-refractivity contribution >= 4 is 11.8 Å². The summed E-state index contributed by atoms with van der Waals surface area (Å²) in [4.78, 5) is 27.4. The first-order chi connectivity index (χ1) is 15.2. The van der Waals surface area contributed by atoms with E-state index in [4.69, 9.17) is 0 Å². The summed E-state index contributed by atoms with van der Waals surface area (Å²) in [7, 11) is 0. The van der Waals surface area contributed by atoms with Crippen molar-refractivity contribution in [3.05, 3.63) is 107 Å². The Labute approximate surface area is 183 Å². The van der Waals surface area contributed by atoms with Crippen LogP contribution in [0.15, 0.2) is 84.9 Å². The van der Waals surface area contributed by atoms with Crippen molar-refractivity contribution < 1.29 is 9.59 Å². The van der Waals surface area contributed by atoms with Gasteiger partial charge in [0.25, 0.3) is 0 Å². The Morgan fingerprint density at radius 3 is 2.29 bits per heavy atom. The van der Waals surface area contributed by atoms with E-state index in [9.17, 15) is 9.59 Å². The van der Waals surface area contributed by atoms with E-state index < -0.39 is 0 Å². The van der Waals surface area contributed by atoms with Crippen molar-refractivity contribution in [2.24, 2.45) is 0 Å². The molecule has 0 spiro atoms. The number of nitrogens with one attached hydrogen (secondary N) is 1. The van der Waals surface area contributed by atoms with E-state index in [2.05, 4.69) is 35.6 Å². The molecule has 4 nitrogen and oxygen atoms in total. The van der Waals surface area contributed by atoms with Crippen molar-refractivity contribution in [2.45, 2.75) is 31.7 Å². The standard InChI is InChI=1S/C27H28N2O2/c30-25(28-19-17-21-9-3-1-4-10-21)15-16-26(31)29-20-18-22-11-7-8-14-24(22)27(29)23-12-5-2-6-13-23/h1-14,27H,15-20H2,(H,28,30)/t27-/m1/s1. The molecule has 0 aromatic heterocycles. The molecule has 1 heterocycles. The molecule has 3 aromatic carbocycles. The first-order valence-corrected chi connectivity index (χ1v) is 11.0. The average Bonchev–Trinajstić information content (AvgIpc) is 2.83. The van der Waals surface area contributed by atoms with Gasteiger partial charge in [-0.25, -0.2) is 0 Å². The largest absolute Gasteiger partial charge is 0.356 e. The molecule has 0 saturated heterocycles. The Morgan fingerprint density at radius 1 is 0.839 bits per heavy atom. The van der Waals surface area contributed by atoms with Gasteiger partial charge in [0.05, 0.1) is 6.04 Å². The summed E-state index contributed by atoms with van der Waals surface area (Å²) in [6.45, 7) is 1.26. The molecule has 4 heteroatoms. The SMILES string of the molecule is O=C(CCC(=O)N1CCc2ccccc2[C@H]1c1ccccc1)NCCc1ccccc1. The summed E-state index contributed by atoms with van der Waals surface area (Å²) in [5, 5.41) is 2.94. The normalized spacial score (nSPS) is 15.2. The molecule has 0 fully saturated rings. The molecular weight excluding hydrogens is 384 g/mol. The Hall–Kier alpha value is -3.40. The topological polar surface area (TPSA) is 49.4 Å². The minimum Gasteiger partial charge on any atom is -0.356 e. The number of amides is 2. The highest BCUT2D eigenvalue weighted by molar-refractivity contribution is 5.84. The summed E-state index contributed by atoms with van der Waals surface area (Å²) in [6.07, 6.45) is 2.07. The van der Waals surface area contributed by atoms with Gasteiger partial charge < -0.3 is 10.2 Å². The fraction of sp³-hybridized carbons (Fsp3) is 0.259. The molecule has 1 N–H and O–H groups in total. The van der Waals surface area contributed by atoms with E-state index >= 15 is 0 Å². The van der Waals surface area contributed by atoms with Crippen LogP contribution in [0.4, 0.5) is 0 Å². The first-order valence-electron chi connectivity index (χ1n) is 11.0. The lowest BCUT2D eigenvalue weighted by Crippen LogP contribution is -2.41. The average molecular weight is 413 g/mol. The lowest BCUT2D eigenvalue weighted by Gasteiger charge is -2.38. The number of hydrogen-bond donors (Lipinski definition) is 1. The molecule has 0 unspecified atom stereocenters. The molecule has 3 aromatic rings. The smallest absolute Gasteiger partial charge is 0.223 e. The van der Waals surface area contributed by atoms with Gasteiger partial charge in [-0.3, -0.25) is 9.59 Å². The van der Waals surface area contributed by atoms with Crippen molar-refractivity contribution in [3.63, 3.8) is 0 Å². The van der Waals surface area contributed by atoms with Crippen LogP contribution in [0.5, 0.6) is 0 Å². The van der Waals surface area contributed by atoms with Gasteiger partial charge in [-0.2, -0.15) is 0 Å². The van der Waals surface area contributed by atoms with E-state index in [0.717, 1.165) is 18.4 Å². The van der Waals surface area contributed by atoms with Gasteiger partial charge in [0.15, 0.2) is 0 Å². The summed E-state index contributed by atoms with van der Waals surface area (Å²) in [6, 6.07) is 28.5. The number of carbonyl (C=O) groups excluding carboxylic acids is 2. The van der Waals surface area contributed by atoms with Crippen LogP contribution in [-0.2, 0) is 22.4 Å². The third-order valence-electron chi connectivity index (χ3n) is 5.86. The molecule has 0 saturated carbocycles. The maximum absolute atomic E-state index is 13.1. The molecule has 158 valence electrons. The number of hydrogen-bond acceptors (Lipinski definition) is 2. The molecule has 0 radical (unpaired) electrons. The van der Waals surface area contributed by atoms with Crippen LogP contribution in [0.1, 0.15) is 41.1 Å². The lowest BCUT2D eigenvalue weighted by atomic mass is 9.88. The highest BCUT2D eigenvalue weighted by Crippen LogP contribution is 2.35. The highest BCUT2D eigenvalue weighted by Gasteiger charge is 2.31. The number of rotatable bonds is 7. The third kappa shape index (κ3) is 5.21. The van der Waals surface area contributed by atoms with Crippen LogP contribution in [0, 0.1) is 0 Å². The Balaban J connectivity index is 1.37. The van der Waals surface area contributed by atoms with Crippen molar-refractivity contribution in [3.8, 4) is 0 Å². The second kappa shape index (κ2) is 10.1. The van der Waals surface area contributed by atoms with Crippen molar-refractivity contribution in [1.29, 1.82) is 0 Å². The summed E-state index contributed by atoms with van der Waals surface area (Å²) < 4.78 is 0. The minimum atomic E-state index is -0.0974. The molecule has 0 aliphatic carbocycles. The molecular formula is C27H28N2O2. The van der Waals surface area contributed by atoms with Gasteiger partial charge in [-0.1, -0.05) is 84.9 Å². The van der Waals surface area contributed by atoms with Crippen molar-refractivity contribution in [2.75, 3.05) is 13.1 Å². The van der Waals surface area contributed by atoms with Crippen LogP contribution in [0.2, 0.25) is 0 Å². The van der Waals surface area contributed by atoms with Gasteiger partial charge in [0.2, 0.25) is 11.8 Å². The molecule has 1 aliphatic heterocycles. The molecule has 0 bridgehead atoms. The van der Waals surface area contributed by atoms with Crippen LogP contribution in [0.3, 0.4) is 0 Å². The van der Waals surface area contributed by atoms with E-state index in [0.29, 0.717) is 13.1 Å². The van der Waals surface area contributed by atoms with Gasteiger partial charge in [0.1, 0.15) is 0 Å². The minimum absolute atomic E-state index is 0.0292. The zero-order valence-electron chi connectivity index (χ0n) is 17.7. The fourth-order valence-electron chi connectivity index (χ4n) is 4.27. The predicted octanol–water partition coefficient (Wildman–Crippen LogP) is 4.30. The van der Waals surface area contributed by atoms with Crippen molar-refractivity contribution in [1.82, 2.24) is 10.2 Å². The Kier molecular flexibility index (Phi) is 6.78. The van der Waals surface area contributed by atoms with E-state index in [1.165, 1.54) is 16.7 Å².